The van der Waals surface area contributed by atoms with E-state index in [1.54, 1.807) is 0 Å². The number of benzene rings is 1. The van der Waals surface area contributed by atoms with Gasteiger partial charge in [-0.15, -0.1) is 0 Å². The first-order valence-electron chi connectivity index (χ1n) is 7.87. The summed E-state index contributed by atoms with van der Waals surface area (Å²) in [5.41, 5.74) is 0.995. The highest BCUT2D eigenvalue weighted by Gasteiger charge is 2.60. The second kappa shape index (κ2) is 4.32. The quantitative estimate of drug-likeness (QED) is 0.916. The lowest BCUT2D eigenvalue weighted by Gasteiger charge is -2.39. The zero-order chi connectivity index (χ0) is 13.7. The van der Waals surface area contributed by atoms with Gasteiger partial charge in [0.25, 0.3) is 0 Å². The van der Waals surface area contributed by atoms with Crippen LogP contribution in [0.25, 0.3) is 0 Å². The minimum absolute atomic E-state index is 0.0711. The van der Waals surface area contributed by atoms with Gasteiger partial charge in [0.15, 0.2) is 0 Å². The maximum atomic E-state index is 12.8. The summed E-state index contributed by atoms with van der Waals surface area (Å²) in [6.07, 6.45) is 5.96. The van der Waals surface area contributed by atoms with E-state index in [1.807, 2.05) is 6.07 Å². The number of carbonyl (C=O) groups excluding carboxylic acids is 1. The lowest BCUT2D eigenvalue weighted by Crippen LogP contribution is -2.44. The molecule has 1 spiro atoms. The molecule has 0 aromatic heterocycles. The van der Waals surface area contributed by atoms with E-state index in [1.165, 1.54) is 24.8 Å². The van der Waals surface area contributed by atoms with Crippen LogP contribution in [0.2, 0.25) is 0 Å². The number of amides is 1. The average Bonchev–Trinajstić information content (AvgIpc) is 3.11. The van der Waals surface area contributed by atoms with Crippen LogP contribution in [0.15, 0.2) is 30.3 Å². The monoisotopic (exact) mass is 270 g/mol. The van der Waals surface area contributed by atoms with Gasteiger partial charge in [0, 0.05) is 6.04 Å². The number of nitrogens with one attached hydrogen (secondary N) is 1. The third-order valence-electron chi connectivity index (χ3n) is 5.47. The van der Waals surface area contributed by atoms with Crippen molar-refractivity contribution in [1.82, 2.24) is 10.2 Å². The maximum absolute atomic E-state index is 12.8. The van der Waals surface area contributed by atoms with Crippen LogP contribution in [0.4, 0.5) is 0 Å². The molecule has 2 atom stereocenters. The second-order valence-corrected chi connectivity index (χ2v) is 6.68. The molecule has 1 saturated heterocycles. The molecule has 1 aliphatic heterocycles. The molecular weight excluding hydrogens is 248 g/mol. The number of hydrogen-bond donors (Lipinski definition) is 1. The van der Waals surface area contributed by atoms with E-state index in [9.17, 15) is 4.79 Å². The topological polar surface area (TPSA) is 32.3 Å². The van der Waals surface area contributed by atoms with E-state index >= 15 is 0 Å². The zero-order valence-corrected chi connectivity index (χ0v) is 12.0. The molecule has 1 heterocycles. The third-order valence-corrected chi connectivity index (χ3v) is 5.47. The second-order valence-electron chi connectivity index (χ2n) is 6.68. The van der Waals surface area contributed by atoms with Crippen molar-refractivity contribution in [2.45, 2.75) is 56.8 Å². The van der Waals surface area contributed by atoms with Gasteiger partial charge in [-0.25, -0.2) is 0 Å². The minimum Gasteiger partial charge on any atom is -0.318 e. The first-order valence-corrected chi connectivity index (χ1v) is 7.87. The Morgan fingerprint density at radius 1 is 1.25 bits per heavy atom. The van der Waals surface area contributed by atoms with Gasteiger partial charge in [-0.3, -0.25) is 10.1 Å². The van der Waals surface area contributed by atoms with E-state index in [-0.39, 0.29) is 11.7 Å². The SMILES string of the molecule is CC(C1CCC1)N1C(=O)C2(CC2)NC1c1ccccc1. The molecule has 3 fully saturated rings. The zero-order valence-electron chi connectivity index (χ0n) is 12.0. The van der Waals surface area contributed by atoms with Gasteiger partial charge in [0.05, 0.1) is 0 Å². The lowest BCUT2D eigenvalue weighted by atomic mass is 9.79. The first kappa shape index (κ1) is 12.4. The molecular formula is C17H22N2O. The summed E-state index contributed by atoms with van der Waals surface area (Å²) in [6.45, 7) is 2.24. The first-order chi connectivity index (χ1) is 9.71. The molecule has 4 rings (SSSR count). The fourth-order valence-corrected chi connectivity index (χ4v) is 3.69. The van der Waals surface area contributed by atoms with E-state index < -0.39 is 0 Å². The van der Waals surface area contributed by atoms with Crippen LogP contribution >= 0.6 is 0 Å². The minimum atomic E-state index is -0.224. The Bertz CT molecular complexity index is 519. The summed E-state index contributed by atoms with van der Waals surface area (Å²) in [5.74, 6) is 1.03. The van der Waals surface area contributed by atoms with Gasteiger partial charge in [0.2, 0.25) is 5.91 Å². The van der Waals surface area contributed by atoms with Crippen LogP contribution in [-0.4, -0.2) is 22.4 Å². The Morgan fingerprint density at radius 3 is 2.50 bits per heavy atom. The van der Waals surface area contributed by atoms with Crippen molar-refractivity contribution < 1.29 is 4.79 Å². The summed E-state index contributed by atoms with van der Waals surface area (Å²) < 4.78 is 0. The highest BCUT2D eigenvalue weighted by Crippen LogP contribution is 2.48. The van der Waals surface area contributed by atoms with E-state index in [0.717, 1.165) is 12.8 Å². The maximum Gasteiger partial charge on any atom is 0.244 e. The van der Waals surface area contributed by atoms with Crippen LogP contribution in [0.5, 0.6) is 0 Å². The lowest BCUT2D eigenvalue weighted by molar-refractivity contribution is -0.134. The van der Waals surface area contributed by atoms with Crippen molar-refractivity contribution in [3.63, 3.8) is 0 Å². The Hall–Kier alpha value is -1.35. The Morgan fingerprint density at radius 2 is 1.95 bits per heavy atom. The Balaban J connectivity index is 1.66. The predicted molar refractivity (Wildman–Crippen MR) is 77.9 cm³/mol. The highest BCUT2D eigenvalue weighted by molar-refractivity contribution is 5.92. The Labute approximate surface area is 120 Å². The van der Waals surface area contributed by atoms with Gasteiger partial charge in [0.1, 0.15) is 11.7 Å². The van der Waals surface area contributed by atoms with Crippen molar-refractivity contribution in [1.29, 1.82) is 0 Å². The number of carbonyl (C=O) groups is 1. The van der Waals surface area contributed by atoms with Crippen LogP contribution in [-0.2, 0) is 4.79 Å². The summed E-state index contributed by atoms with van der Waals surface area (Å²) in [7, 11) is 0. The van der Waals surface area contributed by atoms with Crippen LogP contribution in [0, 0.1) is 5.92 Å². The molecule has 1 N–H and O–H groups in total. The van der Waals surface area contributed by atoms with Crippen LogP contribution in [0.3, 0.4) is 0 Å². The predicted octanol–water partition coefficient (Wildman–Crippen LogP) is 2.84. The van der Waals surface area contributed by atoms with E-state index in [2.05, 4.69) is 41.4 Å². The van der Waals surface area contributed by atoms with Crippen molar-refractivity contribution in [2.24, 2.45) is 5.92 Å². The molecule has 1 aromatic carbocycles. The molecule has 3 nitrogen and oxygen atoms in total. The highest BCUT2D eigenvalue weighted by atomic mass is 16.2. The van der Waals surface area contributed by atoms with Crippen LogP contribution < -0.4 is 5.32 Å². The molecule has 106 valence electrons. The molecule has 0 bridgehead atoms. The average molecular weight is 270 g/mol. The smallest absolute Gasteiger partial charge is 0.244 e. The van der Waals surface area contributed by atoms with E-state index in [4.69, 9.17) is 0 Å². The fraction of sp³-hybridized carbons (Fsp3) is 0.588. The summed E-state index contributed by atoms with van der Waals surface area (Å²) in [5, 5.41) is 3.62. The molecule has 3 heteroatoms. The standard InChI is InChI=1S/C17H22N2O/c1-12(13-8-5-9-13)19-15(14-6-3-2-4-7-14)18-17(10-11-17)16(19)20/h2-4,6-7,12-13,15,18H,5,8-11H2,1H3. The molecule has 2 unspecified atom stereocenters. The molecule has 3 aliphatic rings. The van der Waals surface area contributed by atoms with E-state index in [0.29, 0.717) is 17.9 Å². The van der Waals surface area contributed by atoms with Crippen molar-refractivity contribution in [3.05, 3.63) is 35.9 Å². The fourth-order valence-electron chi connectivity index (χ4n) is 3.69. The molecule has 20 heavy (non-hydrogen) atoms. The third kappa shape index (κ3) is 1.72. The normalized spacial score (nSPS) is 29.6. The molecule has 1 aromatic rings. The summed E-state index contributed by atoms with van der Waals surface area (Å²) in [6, 6.07) is 10.8. The molecule has 0 radical (unpaired) electrons. The van der Waals surface area contributed by atoms with Gasteiger partial charge >= 0.3 is 0 Å². The summed E-state index contributed by atoms with van der Waals surface area (Å²) in [4.78, 5) is 15.0. The molecule has 2 saturated carbocycles. The van der Waals surface area contributed by atoms with Gasteiger partial charge in [-0.1, -0.05) is 36.8 Å². The number of nitrogens with zero attached hydrogens (tertiary/aromatic N) is 1. The molecule has 1 amide bonds. The van der Waals surface area contributed by atoms with Gasteiger partial charge in [-0.05, 0) is 44.1 Å². The van der Waals surface area contributed by atoms with Crippen molar-refractivity contribution in [2.75, 3.05) is 0 Å². The van der Waals surface area contributed by atoms with Gasteiger partial charge < -0.3 is 4.90 Å². The van der Waals surface area contributed by atoms with Crippen molar-refractivity contribution >= 4 is 5.91 Å². The number of rotatable bonds is 3. The van der Waals surface area contributed by atoms with Gasteiger partial charge in [-0.2, -0.15) is 0 Å². The number of hydrogen-bond acceptors (Lipinski definition) is 2. The Kier molecular flexibility index (Phi) is 2.68. The largest absolute Gasteiger partial charge is 0.318 e. The summed E-state index contributed by atoms with van der Waals surface area (Å²) >= 11 is 0. The van der Waals surface area contributed by atoms with Crippen molar-refractivity contribution in [3.8, 4) is 0 Å². The molecule has 2 aliphatic carbocycles. The van der Waals surface area contributed by atoms with Crippen LogP contribution in [0.1, 0.15) is 50.8 Å².